The second-order valence-corrected chi connectivity index (χ2v) is 6.48. The summed E-state index contributed by atoms with van der Waals surface area (Å²) in [6, 6.07) is -0.216. The maximum absolute atomic E-state index is 11.8. The van der Waals surface area contributed by atoms with Crippen LogP contribution in [0, 0.1) is 5.41 Å². The highest BCUT2D eigenvalue weighted by Crippen LogP contribution is 2.18. The van der Waals surface area contributed by atoms with Gasteiger partial charge in [-0.1, -0.05) is 13.8 Å². The molecule has 0 saturated carbocycles. The molecule has 0 aliphatic rings. The van der Waals surface area contributed by atoms with Crippen LogP contribution in [0.15, 0.2) is 0 Å². The van der Waals surface area contributed by atoms with Crippen LogP contribution in [0.2, 0.25) is 0 Å². The number of carbonyl (C=O) groups excluding carboxylic acids is 1. The molecule has 0 spiro atoms. The average Bonchev–Trinajstić information content (AvgIpc) is 2.11. The summed E-state index contributed by atoms with van der Waals surface area (Å²) < 4.78 is 0. The van der Waals surface area contributed by atoms with Crippen molar-refractivity contribution < 1.29 is 9.90 Å². The van der Waals surface area contributed by atoms with Crippen LogP contribution in [0.5, 0.6) is 0 Å². The van der Waals surface area contributed by atoms with Crippen LogP contribution in [-0.4, -0.2) is 35.7 Å². The van der Waals surface area contributed by atoms with E-state index in [1.165, 1.54) is 0 Å². The number of aliphatic hydroxyl groups is 1. The molecule has 0 heterocycles. The van der Waals surface area contributed by atoms with Crippen molar-refractivity contribution in [3.8, 4) is 0 Å². The second-order valence-electron chi connectivity index (χ2n) is 6.48. The lowest BCUT2D eigenvalue weighted by atomic mass is 9.89. The zero-order chi connectivity index (χ0) is 13.7. The van der Waals surface area contributed by atoms with Crippen LogP contribution in [-0.2, 0) is 4.79 Å². The van der Waals surface area contributed by atoms with E-state index in [1.807, 2.05) is 27.7 Å². The zero-order valence-electron chi connectivity index (χ0n) is 12.1. The summed E-state index contributed by atoms with van der Waals surface area (Å²) in [6.45, 7) is 12.8. The molecule has 1 atom stereocenters. The highest BCUT2D eigenvalue weighted by molar-refractivity contribution is 5.81. The van der Waals surface area contributed by atoms with Gasteiger partial charge in [0, 0.05) is 18.7 Å². The molecule has 0 saturated heterocycles. The fourth-order valence-electron chi connectivity index (χ4n) is 1.39. The van der Waals surface area contributed by atoms with Gasteiger partial charge in [0.2, 0.25) is 5.91 Å². The van der Waals surface area contributed by atoms with Crippen molar-refractivity contribution in [1.82, 2.24) is 10.6 Å². The Kier molecular flexibility index (Phi) is 6.13. The van der Waals surface area contributed by atoms with E-state index in [2.05, 4.69) is 24.5 Å². The van der Waals surface area contributed by atoms with Crippen molar-refractivity contribution in [3.05, 3.63) is 0 Å². The van der Waals surface area contributed by atoms with Gasteiger partial charge in [-0.25, -0.2) is 0 Å². The Morgan fingerprint density at radius 1 is 1.24 bits per heavy atom. The van der Waals surface area contributed by atoms with Crippen molar-refractivity contribution >= 4 is 5.91 Å². The van der Waals surface area contributed by atoms with Crippen molar-refractivity contribution in [2.75, 3.05) is 13.2 Å². The Morgan fingerprint density at radius 3 is 2.18 bits per heavy atom. The van der Waals surface area contributed by atoms with E-state index in [4.69, 9.17) is 5.11 Å². The van der Waals surface area contributed by atoms with Crippen molar-refractivity contribution in [1.29, 1.82) is 0 Å². The van der Waals surface area contributed by atoms with Crippen molar-refractivity contribution in [2.45, 2.75) is 59.5 Å². The predicted molar refractivity (Wildman–Crippen MR) is 70.8 cm³/mol. The lowest BCUT2D eigenvalue weighted by Crippen LogP contribution is -2.51. The fourth-order valence-corrected chi connectivity index (χ4v) is 1.39. The maximum Gasteiger partial charge on any atom is 0.237 e. The number of carbonyl (C=O) groups is 1. The summed E-state index contributed by atoms with van der Waals surface area (Å²) in [5.74, 6) is 0.0114. The fraction of sp³-hybridized carbons (Fsp3) is 0.923. The van der Waals surface area contributed by atoms with Crippen LogP contribution < -0.4 is 10.6 Å². The first-order chi connectivity index (χ1) is 7.57. The Bertz CT molecular complexity index is 244. The smallest absolute Gasteiger partial charge is 0.237 e. The molecule has 0 aromatic carbocycles. The minimum Gasteiger partial charge on any atom is -0.396 e. The quantitative estimate of drug-likeness (QED) is 0.660. The third kappa shape index (κ3) is 8.16. The lowest BCUT2D eigenvalue weighted by molar-refractivity contribution is -0.124. The Labute approximate surface area is 105 Å². The molecule has 3 N–H and O–H groups in total. The van der Waals surface area contributed by atoms with E-state index in [1.54, 1.807) is 0 Å². The molecule has 0 aromatic rings. The van der Waals surface area contributed by atoms with E-state index in [0.29, 0.717) is 6.54 Å². The molecule has 17 heavy (non-hydrogen) atoms. The average molecular weight is 244 g/mol. The highest BCUT2D eigenvalue weighted by Gasteiger charge is 2.22. The summed E-state index contributed by atoms with van der Waals surface area (Å²) in [4.78, 5) is 11.8. The van der Waals surface area contributed by atoms with Gasteiger partial charge in [0.05, 0.1) is 6.04 Å². The lowest BCUT2D eigenvalue weighted by Gasteiger charge is -2.28. The maximum atomic E-state index is 11.8. The Balaban J connectivity index is 4.10. The Hall–Kier alpha value is -0.610. The summed E-state index contributed by atoms with van der Waals surface area (Å²) in [5, 5.41) is 15.1. The van der Waals surface area contributed by atoms with Crippen LogP contribution >= 0.6 is 0 Å². The van der Waals surface area contributed by atoms with E-state index in [0.717, 1.165) is 6.42 Å². The van der Waals surface area contributed by atoms with Gasteiger partial charge in [0.15, 0.2) is 0 Å². The largest absolute Gasteiger partial charge is 0.396 e. The summed E-state index contributed by atoms with van der Waals surface area (Å²) in [5.41, 5.74) is -0.196. The third-order valence-corrected chi connectivity index (χ3v) is 2.57. The van der Waals surface area contributed by atoms with Gasteiger partial charge < -0.3 is 15.7 Å². The molecule has 4 heteroatoms. The van der Waals surface area contributed by atoms with Crippen LogP contribution in [0.25, 0.3) is 0 Å². The molecular formula is C13H28N2O2. The second kappa shape index (κ2) is 6.36. The van der Waals surface area contributed by atoms with Crippen molar-refractivity contribution in [3.63, 3.8) is 0 Å². The minimum atomic E-state index is -0.216. The highest BCUT2D eigenvalue weighted by atomic mass is 16.3. The number of hydrogen-bond acceptors (Lipinski definition) is 3. The predicted octanol–water partition coefficient (Wildman–Crippen LogP) is 1.29. The van der Waals surface area contributed by atoms with Crippen LogP contribution in [0.3, 0.4) is 0 Å². The van der Waals surface area contributed by atoms with Gasteiger partial charge in [-0.05, 0) is 39.5 Å². The number of hydrogen-bond donors (Lipinski definition) is 3. The normalized spacial score (nSPS) is 14.5. The third-order valence-electron chi connectivity index (χ3n) is 2.57. The molecule has 1 unspecified atom stereocenters. The van der Waals surface area contributed by atoms with E-state index < -0.39 is 0 Å². The van der Waals surface area contributed by atoms with Crippen molar-refractivity contribution in [2.24, 2.45) is 5.41 Å². The van der Waals surface area contributed by atoms with Crippen LogP contribution in [0.1, 0.15) is 48.0 Å². The van der Waals surface area contributed by atoms with Gasteiger partial charge in [-0.15, -0.1) is 0 Å². The molecule has 4 nitrogen and oxygen atoms in total. The Morgan fingerprint density at radius 2 is 1.76 bits per heavy atom. The van der Waals surface area contributed by atoms with Gasteiger partial charge >= 0.3 is 0 Å². The zero-order valence-corrected chi connectivity index (χ0v) is 12.1. The van der Waals surface area contributed by atoms with Gasteiger partial charge in [0.1, 0.15) is 0 Å². The molecule has 0 aliphatic carbocycles. The minimum absolute atomic E-state index is 0.00498. The number of rotatable bonds is 6. The number of nitrogens with one attached hydrogen (secondary N) is 2. The van der Waals surface area contributed by atoms with Gasteiger partial charge in [-0.3, -0.25) is 4.79 Å². The summed E-state index contributed by atoms with van der Waals surface area (Å²) in [7, 11) is 0. The molecular weight excluding hydrogens is 216 g/mol. The number of aliphatic hydroxyl groups excluding tert-OH is 1. The standard InChI is InChI=1S/C13H28N2O2/c1-10(11(17)15-12(2,3)4)14-9-13(5,6)7-8-16/h10,14,16H,7-9H2,1-6H3,(H,15,17). The molecule has 0 rings (SSSR count). The molecule has 0 aromatic heterocycles. The molecule has 102 valence electrons. The first-order valence-electron chi connectivity index (χ1n) is 6.24. The first-order valence-corrected chi connectivity index (χ1v) is 6.24. The van der Waals surface area contributed by atoms with E-state index in [-0.39, 0.29) is 29.5 Å². The molecule has 0 radical (unpaired) electrons. The van der Waals surface area contributed by atoms with Gasteiger partial charge in [-0.2, -0.15) is 0 Å². The topological polar surface area (TPSA) is 61.4 Å². The molecule has 0 fully saturated rings. The first kappa shape index (κ1) is 16.4. The summed E-state index contributed by atoms with van der Waals surface area (Å²) >= 11 is 0. The molecule has 0 bridgehead atoms. The monoisotopic (exact) mass is 244 g/mol. The summed E-state index contributed by atoms with van der Waals surface area (Å²) in [6.07, 6.45) is 0.730. The molecule has 0 aliphatic heterocycles. The van der Waals surface area contributed by atoms with E-state index >= 15 is 0 Å². The van der Waals surface area contributed by atoms with Crippen LogP contribution in [0.4, 0.5) is 0 Å². The SMILES string of the molecule is CC(NCC(C)(C)CCO)C(=O)NC(C)(C)C. The molecule has 1 amide bonds. The van der Waals surface area contributed by atoms with Gasteiger partial charge in [0.25, 0.3) is 0 Å². The number of amides is 1. The van der Waals surface area contributed by atoms with E-state index in [9.17, 15) is 4.79 Å².